The van der Waals surface area contributed by atoms with Crippen LogP contribution >= 0.6 is 27.3 Å². The smallest absolute Gasteiger partial charge is 0.177 e. The molecule has 56 valence electrons. The highest BCUT2D eigenvalue weighted by molar-refractivity contribution is 9.10. The van der Waals surface area contributed by atoms with Gasteiger partial charge in [-0.15, -0.1) is 11.3 Å². The summed E-state index contributed by atoms with van der Waals surface area (Å²) in [5.41, 5.74) is 0. The summed E-state index contributed by atoms with van der Waals surface area (Å²) in [4.78, 5) is 0.373. The number of hydrogen-bond donors (Lipinski definition) is 0. The number of sulfone groups is 1. The molecule has 10 heavy (non-hydrogen) atoms. The Morgan fingerprint density at radius 2 is 2.10 bits per heavy atom. The van der Waals surface area contributed by atoms with Gasteiger partial charge in [0, 0.05) is 21.5 Å². The molecule has 5 heteroatoms. The number of hydrogen-bond acceptors (Lipinski definition) is 3. The van der Waals surface area contributed by atoms with Crippen molar-refractivity contribution >= 4 is 37.1 Å². The third-order valence-electron chi connectivity index (χ3n) is 0.981. The molecule has 0 fully saturated rings. The van der Waals surface area contributed by atoms with Gasteiger partial charge in [0.25, 0.3) is 0 Å². The van der Waals surface area contributed by atoms with Crippen molar-refractivity contribution in [3.63, 3.8) is 0 Å². The fraction of sp³-hybridized carbons (Fsp3) is 0.200. The highest BCUT2D eigenvalue weighted by Gasteiger charge is 2.11. The van der Waals surface area contributed by atoms with E-state index in [9.17, 15) is 8.42 Å². The van der Waals surface area contributed by atoms with Crippen molar-refractivity contribution in [1.82, 2.24) is 0 Å². The Morgan fingerprint density at radius 1 is 1.50 bits per heavy atom. The Labute approximate surface area is 71.9 Å². The quantitative estimate of drug-likeness (QED) is 0.752. The summed E-state index contributed by atoms with van der Waals surface area (Å²) in [6.45, 7) is 0. The largest absolute Gasteiger partial charge is 0.224 e. The van der Waals surface area contributed by atoms with Gasteiger partial charge >= 0.3 is 0 Å². The molecular weight excluding hydrogens is 236 g/mol. The average Bonchev–Trinajstić information content (AvgIpc) is 2.11. The maximum absolute atomic E-state index is 10.9. The van der Waals surface area contributed by atoms with E-state index < -0.39 is 9.84 Å². The molecule has 0 atom stereocenters. The second-order valence-corrected chi connectivity index (χ2v) is 5.44. The first-order valence-electron chi connectivity index (χ1n) is 2.43. The second-order valence-electron chi connectivity index (χ2n) is 1.86. The minimum absolute atomic E-state index is 0.373. The number of halogens is 1. The molecule has 1 aromatic heterocycles. The van der Waals surface area contributed by atoms with Crippen LogP contribution in [0.15, 0.2) is 20.1 Å². The van der Waals surface area contributed by atoms with Crippen LogP contribution in [0.1, 0.15) is 0 Å². The van der Waals surface area contributed by atoms with Gasteiger partial charge in [0.1, 0.15) is 0 Å². The molecule has 1 aromatic rings. The van der Waals surface area contributed by atoms with Crippen molar-refractivity contribution in [3.05, 3.63) is 15.2 Å². The van der Waals surface area contributed by atoms with Crippen LogP contribution in [0.5, 0.6) is 0 Å². The molecule has 0 spiro atoms. The monoisotopic (exact) mass is 240 g/mol. The summed E-state index contributed by atoms with van der Waals surface area (Å²) < 4.78 is 22.4. The van der Waals surface area contributed by atoms with E-state index in [0.717, 1.165) is 0 Å². The molecule has 0 saturated heterocycles. The molecule has 0 N–H and O–H groups in total. The van der Waals surface area contributed by atoms with Gasteiger partial charge in [-0.2, -0.15) is 0 Å². The molecular formula is C5H5BrO2S2. The zero-order valence-electron chi connectivity index (χ0n) is 5.17. The Hall–Kier alpha value is 0.130. The van der Waals surface area contributed by atoms with Gasteiger partial charge < -0.3 is 0 Å². The third-order valence-corrected chi connectivity index (χ3v) is 4.23. The lowest BCUT2D eigenvalue weighted by Crippen LogP contribution is -1.94. The lowest BCUT2D eigenvalue weighted by atomic mass is 10.7. The summed E-state index contributed by atoms with van der Waals surface area (Å²) in [7, 11) is -3.03. The number of rotatable bonds is 1. The predicted octanol–water partition coefficient (Wildman–Crippen LogP) is 1.91. The fourth-order valence-electron chi connectivity index (χ4n) is 0.534. The molecule has 1 rings (SSSR count). The molecule has 0 aliphatic heterocycles. The first kappa shape index (κ1) is 8.23. The van der Waals surface area contributed by atoms with E-state index in [-0.39, 0.29) is 0 Å². The van der Waals surface area contributed by atoms with Crippen LogP contribution in [0.4, 0.5) is 0 Å². The lowest BCUT2D eigenvalue weighted by molar-refractivity contribution is 0.602. The van der Waals surface area contributed by atoms with Crippen LogP contribution in [0, 0.1) is 0 Å². The molecule has 0 unspecified atom stereocenters. The van der Waals surface area contributed by atoms with Crippen molar-refractivity contribution in [2.45, 2.75) is 4.90 Å². The van der Waals surface area contributed by atoms with Crippen LogP contribution in [-0.4, -0.2) is 14.7 Å². The van der Waals surface area contributed by atoms with E-state index in [1.165, 1.54) is 17.6 Å². The van der Waals surface area contributed by atoms with Crippen molar-refractivity contribution in [1.29, 1.82) is 0 Å². The number of thiophene rings is 1. The summed E-state index contributed by atoms with van der Waals surface area (Å²) in [5.74, 6) is 0. The molecule has 1 heterocycles. The van der Waals surface area contributed by atoms with Gasteiger partial charge in [0.05, 0.1) is 4.90 Å². The van der Waals surface area contributed by atoms with Crippen LogP contribution in [0.25, 0.3) is 0 Å². The Kier molecular flexibility index (Phi) is 2.17. The minimum Gasteiger partial charge on any atom is -0.224 e. The fourth-order valence-corrected chi connectivity index (χ4v) is 3.92. The van der Waals surface area contributed by atoms with Gasteiger partial charge in [-0.25, -0.2) is 8.42 Å². The molecule has 0 aromatic carbocycles. The van der Waals surface area contributed by atoms with E-state index in [1.54, 1.807) is 10.8 Å². The van der Waals surface area contributed by atoms with Gasteiger partial charge in [0.2, 0.25) is 0 Å². The van der Waals surface area contributed by atoms with Gasteiger partial charge in [-0.1, -0.05) is 0 Å². The van der Waals surface area contributed by atoms with Crippen LogP contribution in [0.2, 0.25) is 0 Å². The highest BCUT2D eigenvalue weighted by Crippen LogP contribution is 2.25. The molecule has 2 nitrogen and oxygen atoms in total. The second kappa shape index (κ2) is 2.64. The molecule has 0 radical (unpaired) electrons. The SMILES string of the molecule is CS(=O)(=O)c1cscc1Br. The summed E-state index contributed by atoms with van der Waals surface area (Å²) >= 11 is 4.50. The third kappa shape index (κ3) is 1.59. The summed E-state index contributed by atoms with van der Waals surface area (Å²) in [6.07, 6.45) is 1.19. The zero-order chi connectivity index (χ0) is 7.78. The predicted molar refractivity (Wildman–Crippen MR) is 45.1 cm³/mol. The van der Waals surface area contributed by atoms with Crippen molar-refractivity contribution in [2.24, 2.45) is 0 Å². The standard InChI is InChI=1S/C5H5BrO2S2/c1-10(7,8)5-3-9-2-4(5)6/h2-3H,1H3. The van der Waals surface area contributed by atoms with Gasteiger partial charge in [-0.05, 0) is 15.9 Å². The van der Waals surface area contributed by atoms with Gasteiger partial charge in [-0.3, -0.25) is 0 Å². The van der Waals surface area contributed by atoms with Crippen molar-refractivity contribution < 1.29 is 8.42 Å². The van der Waals surface area contributed by atoms with E-state index >= 15 is 0 Å². The molecule has 0 aliphatic rings. The van der Waals surface area contributed by atoms with Crippen LogP contribution < -0.4 is 0 Å². The van der Waals surface area contributed by atoms with Crippen LogP contribution in [-0.2, 0) is 9.84 Å². The van der Waals surface area contributed by atoms with E-state index in [0.29, 0.717) is 9.37 Å². The first-order chi connectivity index (χ1) is 4.52. The van der Waals surface area contributed by atoms with E-state index in [1.807, 2.05) is 0 Å². The average molecular weight is 241 g/mol. The lowest BCUT2D eigenvalue weighted by Gasteiger charge is -1.91. The Balaban J connectivity index is 3.32. The Morgan fingerprint density at radius 3 is 2.30 bits per heavy atom. The summed E-state index contributed by atoms with van der Waals surface area (Å²) in [6, 6.07) is 0. The van der Waals surface area contributed by atoms with Crippen LogP contribution in [0.3, 0.4) is 0 Å². The summed E-state index contributed by atoms with van der Waals surface area (Å²) in [5, 5.41) is 3.36. The Bertz CT molecular complexity index is 325. The zero-order valence-corrected chi connectivity index (χ0v) is 8.38. The topological polar surface area (TPSA) is 34.1 Å². The highest BCUT2D eigenvalue weighted by atomic mass is 79.9. The molecule has 0 saturated carbocycles. The van der Waals surface area contributed by atoms with Crippen molar-refractivity contribution in [2.75, 3.05) is 6.26 Å². The van der Waals surface area contributed by atoms with E-state index in [2.05, 4.69) is 15.9 Å². The van der Waals surface area contributed by atoms with Crippen molar-refractivity contribution in [3.8, 4) is 0 Å². The van der Waals surface area contributed by atoms with E-state index in [4.69, 9.17) is 0 Å². The normalized spacial score (nSPS) is 11.8. The maximum atomic E-state index is 10.9. The van der Waals surface area contributed by atoms with Gasteiger partial charge in [0.15, 0.2) is 9.84 Å². The minimum atomic E-state index is -3.03. The molecule has 0 bridgehead atoms. The molecule has 0 amide bonds. The molecule has 0 aliphatic carbocycles. The first-order valence-corrected chi connectivity index (χ1v) is 6.06. The maximum Gasteiger partial charge on any atom is 0.177 e.